The van der Waals surface area contributed by atoms with Crippen LogP contribution in [0.25, 0.3) is 0 Å². The Hall–Kier alpha value is -0.680. The van der Waals surface area contributed by atoms with Gasteiger partial charge in [0.25, 0.3) is 0 Å². The van der Waals surface area contributed by atoms with Crippen LogP contribution in [0, 0.1) is 0 Å². The molecule has 0 bridgehead atoms. The average molecular weight is 227 g/mol. The summed E-state index contributed by atoms with van der Waals surface area (Å²) in [6.07, 6.45) is 2.89. The normalized spacial score (nSPS) is 22.8. The van der Waals surface area contributed by atoms with Crippen LogP contribution in [0.3, 0.4) is 0 Å². The summed E-state index contributed by atoms with van der Waals surface area (Å²) in [6.45, 7) is 3.68. The standard InChI is InChI=1S/C10H17N3OS/c11-9(15)7-10(14)13-5-3-12(4-6-13)8-1-2-8/h8H,1-7H2,(H2,11,15). The number of nitrogens with two attached hydrogens (primary N) is 1. The molecule has 1 saturated heterocycles. The van der Waals surface area contributed by atoms with Gasteiger partial charge in [-0.05, 0) is 12.8 Å². The third-order valence-electron chi connectivity index (χ3n) is 3.06. The van der Waals surface area contributed by atoms with E-state index in [1.54, 1.807) is 0 Å². The molecule has 1 aliphatic heterocycles. The number of hydrogen-bond donors (Lipinski definition) is 1. The largest absolute Gasteiger partial charge is 0.393 e. The lowest BCUT2D eigenvalue weighted by Crippen LogP contribution is -2.49. The molecule has 15 heavy (non-hydrogen) atoms. The van der Waals surface area contributed by atoms with Crippen LogP contribution in [0.5, 0.6) is 0 Å². The van der Waals surface area contributed by atoms with Crippen LogP contribution in [-0.2, 0) is 4.79 Å². The average Bonchev–Trinajstić information content (AvgIpc) is 3.00. The van der Waals surface area contributed by atoms with E-state index in [9.17, 15) is 4.79 Å². The number of rotatable bonds is 3. The van der Waals surface area contributed by atoms with Crippen molar-refractivity contribution in [3.05, 3.63) is 0 Å². The zero-order valence-corrected chi connectivity index (χ0v) is 9.63. The van der Waals surface area contributed by atoms with Gasteiger partial charge in [-0.25, -0.2) is 0 Å². The first-order chi connectivity index (χ1) is 7.16. The van der Waals surface area contributed by atoms with Gasteiger partial charge in [-0.2, -0.15) is 0 Å². The number of carbonyl (C=O) groups excluding carboxylic acids is 1. The molecule has 0 aromatic carbocycles. The maximum Gasteiger partial charge on any atom is 0.229 e. The van der Waals surface area contributed by atoms with E-state index < -0.39 is 0 Å². The van der Waals surface area contributed by atoms with Gasteiger partial charge < -0.3 is 10.6 Å². The summed E-state index contributed by atoms with van der Waals surface area (Å²) in [6, 6.07) is 0.804. The maximum atomic E-state index is 11.6. The van der Waals surface area contributed by atoms with Crippen LogP contribution < -0.4 is 5.73 Å². The molecule has 0 aromatic heterocycles. The van der Waals surface area contributed by atoms with E-state index in [-0.39, 0.29) is 12.3 Å². The summed E-state index contributed by atoms with van der Waals surface area (Å²) in [5.74, 6) is 0.0814. The molecule has 1 aliphatic carbocycles. The van der Waals surface area contributed by atoms with Gasteiger partial charge in [0.05, 0.1) is 11.4 Å². The van der Waals surface area contributed by atoms with Crippen LogP contribution in [0.2, 0.25) is 0 Å². The summed E-state index contributed by atoms with van der Waals surface area (Å²) in [4.78, 5) is 16.3. The van der Waals surface area contributed by atoms with E-state index in [4.69, 9.17) is 18.0 Å². The second-order valence-corrected chi connectivity index (χ2v) is 4.82. The van der Waals surface area contributed by atoms with E-state index >= 15 is 0 Å². The Morgan fingerprint density at radius 2 is 1.87 bits per heavy atom. The summed E-state index contributed by atoms with van der Waals surface area (Å²) in [5, 5.41) is 0. The van der Waals surface area contributed by atoms with Crippen molar-refractivity contribution in [2.45, 2.75) is 25.3 Å². The van der Waals surface area contributed by atoms with Crippen LogP contribution >= 0.6 is 12.2 Å². The summed E-state index contributed by atoms with van der Waals surface area (Å²) in [5.41, 5.74) is 5.36. The van der Waals surface area contributed by atoms with Crippen molar-refractivity contribution in [2.75, 3.05) is 26.2 Å². The SMILES string of the molecule is NC(=S)CC(=O)N1CCN(C2CC2)CC1. The zero-order valence-electron chi connectivity index (χ0n) is 8.82. The van der Waals surface area contributed by atoms with Gasteiger partial charge in [0, 0.05) is 32.2 Å². The van der Waals surface area contributed by atoms with Crippen LogP contribution in [0.4, 0.5) is 0 Å². The van der Waals surface area contributed by atoms with Crippen LogP contribution in [0.15, 0.2) is 0 Å². The highest BCUT2D eigenvalue weighted by atomic mass is 32.1. The second-order valence-electron chi connectivity index (χ2n) is 4.29. The van der Waals surface area contributed by atoms with Crippen molar-refractivity contribution < 1.29 is 4.79 Å². The van der Waals surface area contributed by atoms with E-state index in [2.05, 4.69) is 4.90 Å². The van der Waals surface area contributed by atoms with Gasteiger partial charge in [0.1, 0.15) is 0 Å². The Balaban J connectivity index is 1.76. The van der Waals surface area contributed by atoms with Crippen LogP contribution in [-0.4, -0.2) is 52.9 Å². The molecule has 2 N–H and O–H groups in total. The monoisotopic (exact) mass is 227 g/mol. The minimum atomic E-state index is 0.0814. The fourth-order valence-corrected chi connectivity index (χ4v) is 2.16. The Morgan fingerprint density at radius 3 is 2.33 bits per heavy atom. The maximum absolute atomic E-state index is 11.6. The topological polar surface area (TPSA) is 49.6 Å². The minimum absolute atomic E-state index is 0.0814. The third-order valence-corrected chi connectivity index (χ3v) is 3.20. The van der Waals surface area contributed by atoms with Crippen molar-refractivity contribution in [3.8, 4) is 0 Å². The molecule has 0 atom stereocenters. The molecule has 1 amide bonds. The second kappa shape index (κ2) is 4.45. The number of carbonyl (C=O) groups is 1. The van der Waals surface area contributed by atoms with Crippen molar-refractivity contribution >= 4 is 23.1 Å². The van der Waals surface area contributed by atoms with Gasteiger partial charge >= 0.3 is 0 Å². The smallest absolute Gasteiger partial charge is 0.229 e. The lowest BCUT2D eigenvalue weighted by Gasteiger charge is -2.34. The van der Waals surface area contributed by atoms with Gasteiger partial charge in [-0.15, -0.1) is 0 Å². The first-order valence-corrected chi connectivity index (χ1v) is 5.88. The molecule has 2 fully saturated rings. The van der Waals surface area contributed by atoms with Crippen molar-refractivity contribution in [2.24, 2.45) is 5.73 Å². The quantitative estimate of drug-likeness (QED) is 0.688. The van der Waals surface area contributed by atoms with Crippen molar-refractivity contribution in [1.82, 2.24) is 9.80 Å². The Morgan fingerprint density at radius 1 is 1.27 bits per heavy atom. The molecule has 2 rings (SSSR count). The van der Waals surface area contributed by atoms with Gasteiger partial charge in [-0.3, -0.25) is 9.69 Å². The summed E-state index contributed by atoms with van der Waals surface area (Å²) >= 11 is 4.74. The summed E-state index contributed by atoms with van der Waals surface area (Å²) in [7, 11) is 0. The van der Waals surface area contributed by atoms with Gasteiger partial charge in [-0.1, -0.05) is 12.2 Å². The zero-order chi connectivity index (χ0) is 10.8. The molecule has 1 heterocycles. The number of piperazine rings is 1. The summed E-state index contributed by atoms with van der Waals surface area (Å²) < 4.78 is 0. The predicted molar refractivity (Wildman–Crippen MR) is 62.6 cm³/mol. The molecule has 0 spiro atoms. The highest BCUT2D eigenvalue weighted by Crippen LogP contribution is 2.27. The first-order valence-electron chi connectivity index (χ1n) is 5.47. The number of amides is 1. The molecule has 2 aliphatic rings. The van der Waals surface area contributed by atoms with Gasteiger partial charge in [0.15, 0.2) is 0 Å². The lowest BCUT2D eigenvalue weighted by molar-refractivity contribution is -0.131. The fraction of sp³-hybridized carbons (Fsp3) is 0.800. The van der Waals surface area contributed by atoms with E-state index in [0.29, 0.717) is 4.99 Å². The number of hydrogen-bond acceptors (Lipinski definition) is 3. The Bertz CT molecular complexity index is 270. The predicted octanol–water partition coefficient (Wildman–Crippen LogP) is -0.0308. The van der Waals surface area contributed by atoms with E-state index in [1.807, 2.05) is 4.90 Å². The molecule has 5 heteroatoms. The molecular weight excluding hydrogens is 210 g/mol. The van der Waals surface area contributed by atoms with Gasteiger partial charge in [0.2, 0.25) is 5.91 Å². The molecular formula is C10H17N3OS. The highest BCUT2D eigenvalue weighted by Gasteiger charge is 2.32. The fourth-order valence-electron chi connectivity index (χ4n) is 2.04. The third kappa shape index (κ3) is 2.89. The van der Waals surface area contributed by atoms with Crippen LogP contribution in [0.1, 0.15) is 19.3 Å². The van der Waals surface area contributed by atoms with E-state index in [1.165, 1.54) is 12.8 Å². The molecule has 0 aromatic rings. The first kappa shape index (κ1) is 10.8. The Labute approximate surface area is 95.4 Å². The lowest BCUT2D eigenvalue weighted by atomic mass is 10.2. The number of nitrogens with zero attached hydrogens (tertiary/aromatic N) is 2. The van der Waals surface area contributed by atoms with Crippen molar-refractivity contribution in [1.29, 1.82) is 0 Å². The molecule has 4 nitrogen and oxygen atoms in total. The Kier molecular flexibility index (Phi) is 3.21. The molecule has 0 unspecified atom stereocenters. The molecule has 1 saturated carbocycles. The molecule has 84 valence electrons. The molecule has 0 radical (unpaired) electrons. The number of thiocarbonyl (C=S) groups is 1. The highest BCUT2D eigenvalue weighted by molar-refractivity contribution is 7.80. The minimum Gasteiger partial charge on any atom is -0.393 e. The van der Waals surface area contributed by atoms with E-state index in [0.717, 1.165) is 32.2 Å². The van der Waals surface area contributed by atoms with Crippen molar-refractivity contribution in [3.63, 3.8) is 0 Å².